The molecular formula is C28H37N5O3. The van der Waals surface area contributed by atoms with E-state index in [4.69, 9.17) is 9.52 Å². The summed E-state index contributed by atoms with van der Waals surface area (Å²) in [7, 11) is 2.00. The van der Waals surface area contributed by atoms with Crippen molar-refractivity contribution in [2.24, 2.45) is 18.4 Å². The SMILES string of the molecule is Cc1cc(-c2nnc(-c3nn(C)c4c3CCC(C)(C)C4)o2)cc(C)c1CCN1CCC(C(=O)O)CC1. The molecule has 0 amide bonds. The maximum absolute atomic E-state index is 11.2. The van der Waals surface area contributed by atoms with Gasteiger partial charge in [0.1, 0.15) is 0 Å². The van der Waals surface area contributed by atoms with Crippen LogP contribution in [0.25, 0.3) is 23.0 Å². The summed E-state index contributed by atoms with van der Waals surface area (Å²) in [4.78, 5) is 13.6. The fourth-order valence-electron chi connectivity index (χ4n) is 5.88. The molecule has 0 radical (unpaired) electrons. The molecule has 5 rings (SSSR count). The summed E-state index contributed by atoms with van der Waals surface area (Å²) in [5.41, 5.74) is 8.29. The number of benzene rings is 1. The first-order valence-electron chi connectivity index (χ1n) is 13.1. The van der Waals surface area contributed by atoms with Crippen molar-refractivity contribution in [2.45, 2.75) is 66.2 Å². The number of aliphatic carboxylic acids is 1. The van der Waals surface area contributed by atoms with Gasteiger partial charge < -0.3 is 14.4 Å². The Bertz CT molecular complexity index is 1260. The molecule has 192 valence electrons. The molecule has 8 heteroatoms. The molecule has 0 atom stereocenters. The van der Waals surface area contributed by atoms with Gasteiger partial charge in [-0.25, -0.2) is 0 Å². The van der Waals surface area contributed by atoms with E-state index in [2.05, 4.69) is 54.9 Å². The molecule has 0 saturated carbocycles. The topological polar surface area (TPSA) is 97.3 Å². The average Bonchev–Trinajstić information content (AvgIpc) is 3.43. The van der Waals surface area contributed by atoms with E-state index in [-0.39, 0.29) is 11.3 Å². The number of aryl methyl sites for hydroxylation is 3. The van der Waals surface area contributed by atoms with E-state index in [1.807, 2.05) is 11.7 Å². The van der Waals surface area contributed by atoms with Crippen LogP contribution in [0, 0.1) is 25.2 Å². The molecule has 3 heterocycles. The Morgan fingerprint density at radius 1 is 1.14 bits per heavy atom. The van der Waals surface area contributed by atoms with Gasteiger partial charge in [0.2, 0.25) is 5.89 Å². The lowest BCUT2D eigenvalue weighted by Crippen LogP contribution is -2.37. The second-order valence-electron chi connectivity index (χ2n) is 11.4. The largest absolute Gasteiger partial charge is 0.481 e. The van der Waals surface area contributed by atoms with Crippen LogP contribution in [0.5, 0.6) is 0 Å². The number of carboxylic acids is 1. The molecule has 1 aliphatic heterocycles. The van der Waals surface area contributed by atoms with Gasteiger partial charge in [0.25, 0.3) is 5.89 Å². The Kier molecular flexibility index (Phi) is 6.49. The van der Waals surface area contributed by atoms with Crippen molar-refractivity contribution < 1.29 is 14.3 Å². The molecule has 2 aromatic heterocycles. The Morgan fingerprint density at radius 3 is 2.47 bits per heavy atom. The van der Waals surface area contributed by atoms with Crippen molar-refractivity contribution >= 4 is 5.97 Å². The zero-order valence-electron chi connectivity index (χ0n) is 22.1. The number of piperidine rings is 1. The van der Waals surface area contributed by atoms with Gasteiger partial charge in [-0.1, -0.05) is 13.8 Å². The zero-order chi connectivity index (χ0) is 25.6. The highest BCUT2D eigenvalue weighted by atomic mass is 16.4. The smallest absolute Gasteiger partial charge is 0.306 e. The molecule has 2 aliphatic rings. The monoisotopic (exact) mass is 491 g/mol. The maximum Gasteiger partial charge on any atom is 0.306 e. The van der Waals surface area contributed by atoms with Gasteiger partial charge in [0, 0.05) is 30.4 Å². The number of carbonyl (C=O) groups is 1. The molecular weight excluding hydrogens is 454 g/mol. The van der Waals surface area contributed by atoms with Crippen LogP contribution in [-0.4, -0.2) is 55.6 Å². The van der Waals surface area contributed by atoms with E-state index in [0.29, 0.717) is 11.8 Å². The van der Waals surface area contributed by atoms with Gasteiger partial charge in [0.15, 0.2) is 5.69 Å². The molecule has 1 fully saturated rings. The Balaban J connectivity index is 1.31. The Labute approximate surface area is 212 Å². The van der Waals surface area contributed by atoms with Crippen LogP contribution in [-0.2, 0) is 31.1 Å². The second-order valence-corrected chi connectivity index (χ2v) is 11.4. The first-order valence-corrected chi connectivity index (χ1v) is 13.1. The lowest BCUT2D eigenvalue weighted by atomic mass is 9.76. The third-order valence-corrected chi connectivity index (χ3v) is 8.16. The summed E-state index contributed by atoms with van der Waals surface area (Å²) >= 11 is 0. The standard InChI is InChI=1S/C28H37N5O3/c1-17-14-20(15-18(2)21(17)9-13-33-11-7-19(8-12-33)27(34)35)25-29-30-26(36-25)24-22-6-10-28(3,4)16-23(22)32(5)31-24/h14-15,19H,6-13,16H2,1-5H3,(H,34,35). The lowest BCUT2D eigenvalue weighted by Gasteiger charge is -2.30. The highest BCUT2D eigenvalue weighted by Gasteiger charge is 2.32. The van der Waals surface area contributed by atoms with Crippen molar-refractivity contribution in [3.05, 3.63) is 40.1 Å². The molecule has 1 N–H and O–H groups in total. The number of hydrogen-bond donors (Lipinski definition) is 1. The number of nitrogens with zero attached hydrogens (tertiary/aromatic N) is 5. The van der Waals surface area contributed by atoms with Crippen molar-refractivity contribution in [2.75, 3.05) is 19.6 Å². The average molecular weight is 492 g/mol. The molecule has 0 unspecified atom stereocenters. The zero-order valence-corrected chi connectivity index (χ0v) is 22.1. The van der Waals surface area contributed by atoms with Gasteiger partial charge in [0.05, 0.1) is 5.92 Å². The first kappa shape index (κ1) is 24.7. The van der Waals surface area contributed by atoms with Gasteiger partial charge in [-0.3, -0.25) is 9.48 Å². The van der Waals surface area contributed by atoms with Crippen molar-refractivity contribution in [3.63, 3.8) is 0 Å². The van der Waals surface area contributed by atoms with Crippen LogP contribution in [0.1, 0.15) is 61.1 Å². The number of carboxylic acid groups (broad SMARTS) is 1. The van der Waals surface area contributed by atoms with E-state index < -0.39 is 5.97 Å². The third kappa shape index (κ3) is 4.83. The fraction of sp³-hybridized carbons (Fsp3) is 0.571. The van der Waals surface area contributed by atoms with Gasteiger partial charge in [-0.15, -0.1) is 10.2 Å². The van der Waals surface area contributed by atoms with Crippen LogP contribution in [0.15, 0.2) is 16.5 Å². The van der Waals surface area contributed by atoms with E-state index in [1.165, 1.54) is 27.9 Å². The Hall–Kier alpha value is -3.00. The molecule has 0 spiro atoms. The fourth-order valence-corrected chi connectivity index (χ4v) is 5.88. The van der Waals surface area contributed by atoms with Crippen LogP contribution >= 0.6 is 0 Å². The van der Waals surface area contributed by atoms with E-state index in [0.717, 1.165) is 69.4 Å². The highest BCUT2D eigenvalue weighted by Crippen LogP contribution is 2.39. The summed E-state index contributed by atoms with van der Waals surface area (Å²) in [6.45, 7) is 11.5. The van der Waals surface area contributed by atoms with Gasteiger partial charge in [-0.2, -0.15) is 5.10 Å². The number of likely N-dealkylation sites (tertiary alicyclic amines) is 1. The predicted octanol–water partition coefficient (Wildman–Crippen LogP) is 4.61. The second kappa shape index (κ2) is 9.47. The number of rotatable bonds is 6. The minimum absolute atomic E-state index is 0.188. The van der Waals surface area contributed by atoms with Crippen molar-refractivity contribution in [1.82, 2.24) is 24.9 Å². The van der Waals surface area contributed by atoms with Crippen molar-refractivity contribution in [1.29, 1.82) is 0 Å². The quantitative estimate of drug-likeness (QED) is 0.538. The molecule has 1 aliphatic carbocycles. The van der Waals surface area contributed by atoms with Crippen LogP contribution in [0.3, 0.4) is 0 Å². The number of fused-ring (bicyclic) bond motifs is 1. The maximum atomic E-state index is 11.2. The third-order valence-electron chi connectivity index (χ3n) is 8.16. The molecule has 1 aromatic carbocycles. The molecule has 0 bridgehead atoms. The van der Waals surface area contributed by atoms with E-state index >= 15 is 0 Å². The summed E-state index contributed by atoms with van der Waals surface area (Å²) in [6.07, 6.45) is 5.53. The number of hydrogen-bond acceptors (Lipinski definition) is 6. The number of aromatic nitrogens is 4. The predicted molar refractivity (Wildman–Crippen MR) is 138 cm³/mol. The van der Waals surface area contributed by atoms with Crippen molar-refractivity contribution in [3.8, 4) is 23.0 Å². The summed E-state index contributed by atoms with van der Waals surface area (Å²) in [5, 5.41) is 22.7. The van der Waals surface area contributed by atoms with Crippen LogP contribution in [0.4, 0.5) is 0 Å². The van der Waals surface area contributed by atoms with Crippen LogP contribution < -0.4 is 0 Å². The van der Waals surface area contributed by atoms with E-state index in [9.17, 15) is 9.90 Å². The molecule has 36 heavy (non-hydrogen) atoms. The molecule has 8 nitrogen and oxygen atoms in total. The summed E-state index contributed by atoms with van der Waals surface area (Å²) in [5.74, 6) is 0.166. The summed E-state index contributed by atoms with van der Waals surface area (Å²) < 4.78 is 8.14. The van der Waals surface area contributed by atoms with Crippen LogP contribution in [0.2, 0.25) is 0 Å². The minimum atomic E-state index is -0.659. The Morgan fingerprint density at radius 2 is 1.81 bits per heavy atom. The van der Waals surface area contributed by atoms with E-state index in [1.54, 1.807) is 0 Å². The lowest BCUT2D eigenvalue weighted by molar-refractivity contribution is -0.143. The summed E-state index contributed by atoms with van der Waals surface area (Å²) in [6, 6.07) is 4.26. The molecule has 1 saturated heterocycles. The highest BCUT2D eigenvalue weighted by molar-refractivity contribution is 5.70. The normalized spacial score (nSPS) is 18.4. The van der Waals surface area contributed by atoms with Gasteiger partial charge >= 0.3 is 5.97 Å². The molecule has 3 aromatic rings. The van der Waals surface area contributed by atoms with Gasteiger partial charge in [-0.05, 0) is 99.7 Å². The first-order chi connectivity index (χ1) is 17.1. The minimum Gasteiger partial charge on any atom is -0.481 e.